The largest absolute Gasteiger partial charge is 0.382 e. The van der Waals surface area contributed by atoms with Crippen molar-refractivity contribution >= 4 is 28.6 Å². The maximum atomic E-state index is 13.0. The highest BCUT2D eigenvalue weighted by atomic mass is 32.2. The third kappa shape index (κ3) is 5.41. The van der Waals surface area contributed by atoms with Crippen molar-refractivity contribution in [3.63, 3.8) is 0 Å². The fraction of sp³-hybridized carbons (Fsp3) is 0.545. The highest BCUT2D eigenvalue weighted by Gasteiger charge is 2.33. The number of thioether (sulfide) groups is 1. The predicted molar refractivity (Wildman–Crippen MR) is 117 cm³/mol. The molecule has 8 heteroatoms. The van der Waals surface area contributed by atoms with Gasteiger partial charge in [0.2, 0.25) is 5.91 Å². The fourth-order valence-electron chi connectivity index (χ4n) is 3.78. The highest BCUT2D eigenvalue weighted by Crippen LogP contribution is 2.28. The summed E-state index contributed by atoms with van der Waals surface area (Å²) in [7, 11) is 0. The van der Waals surface area contributed by atoms with Gasteiger partial charge in [0, 0.05) is 19.8 Å². The van der Waals surface area contributed by atoms with E-state index in [0.29, 0.717) is 55.1 Å². The average molecular weight is 429 g/mol. The molecule has 7 nitrogen and oxygen atoms in total. The summed E-state index contributed by atoms with van der Waals surface area (Å²) in [6, 6.07) is 9.54. The monoisotopic (exact) mass is 428 g/mol. The maximum Gasteiger partial charge on any atom is 0.262 e. The molecule has 0 bridgehead atoms. The van der Waals surface area contributed by atoms with Gasteiger partial charge in [-0.2, -0.15) is 5.26 Å². The molecule has 1 aliphatic carbocycles. The Morgan fingerprint density at radius 1 is 1.33 bits per heavy atom. The van der Waals surface area contributed by atoms with Crippen LogP contribution in [0.25, 0.3) is 10.9 Å². The van der Waals surface area contributed by atoms with Gasteiger partial charge in [-0.25, -0.2) is 4.98 Å². The van der Waals surface area contributed by atoms with Gasteiger partial charge in [0.05, 0.1) is 22.7 Å². The first-order valence-electron chi connectivity index (χ1n) is 10.5. The summed E-state index contributed by atoms with van der Waals surface area (Å²) in [4.78, 5) is 30.2. The van der Waals surface area contributed by atoms with Crippen LogP contribution in [0.3, 0.4) is 0 Å². The van der Waals surface area contributed by atoms with Crippen molar-refractivity contribution in [2.45, 2.75) is 62.7 Å². The van der Waals surface area contributed by atoms with Crippen LogP contribution in [-0.2, 0) is 16.1 Å². The summed E-state index contributed by atoms with van der Waals surface area (Å²) >= 11 is 1.24. The topological polar surface area (TPSA) is 97.0 Å². The zero-order valence-electron chi connectivity index (χ0n) is 17.4. The number of aromatic nitrogens is 2. The lowest BCUT2D eigenvalue weighted by Crippen LogP contribution is -2.49. The minimum Gasteiger partial charge on any atom is -0.382 e. The Morgan fingerprint density at radius 2 is 2.10 bits per heavy atom. The van der Waals surface area contributed by atoms with E-state index < -0.39 is 5.54 Å². The number of nitrogens with zero attached hydrogens (tertiary/aromatic N) is 3. The van der Waals surface area contributed by atoms with Crippen LogP contribution in [0.5, 0.6) is 0 Å². The van der Waals surface area contributed by atoms with E-state index >= 15 is 0 Å². The number of fused-ring (bicyclic) bond motifs is 1. The highest BCUT2D eigenvalue weighted by molar-refractivity contribution is 7.99. The Morgan fingerprint density at radius 3 is 2.83 bits per heavy atom. The van der Waals surface area contributed by atoms with Crippen LogP contribution in [0.2, 0.25) is 0 Å². The molecule has 0 saturated heterocycles. The quantitative estimate of drug-likeness (QED) is 0.374. The molecule has 1 saturated carbocycles. The SMILES string of the molecule is CCOCCCn1c(SCC(=O)NC2(C#N)CCCCC2)nc2ccccc2c1=O. The summed E-state index contributed by atoms with van der Waals surface area (Å²) in [5.41, 5.74) is -0.253. The van der Waals surface area contributed by atoms with E-state index in [4.69, 9.17) is 4.74 Å². The normalized spacial score (nSPS) is 15.6. The summed E-state index contributed by atoms with van der Waals surface area (Å²) in [6.45, 7) is 3.60. The molecule has 1 amide bonds. The van der Waals surface area contributed by atoms with Gasteiger partial charge in [-0.05, 0) is 38.3 Å². The van der Waals surface area contributed by atoms with Gasteiger partial charge >= 0.3 is 0 Å². The van der Waals surface area contributed by atoms with Crippen molar-refractivity contribution in [3.8, 4) is 6.07 Å². The standard InChI is InChI=1S/C22H28N4O3S/c1-2-29-14-8-13-26-20(28)17-9-4-5-10-18(17)24-21(26)30-15-19(27)25-22(16-23)11-6-3-7-12-22/h4-5,9-10H,2-3,6-8,11-15H2,1H3,(H,25,27). The Labute approximate surface area is 180 Å². The number of nitrogens with one attached hydrogen (secondary N) is 1. The molecule has 0 aliphatic heterocycles. The first-order chi connectivity index (χ1) is 14.6. The van der Waals surface area contributed by atoms with Crippen molar-refractivity contribution < 1.29 is 9.53 Å². The molecule has 0 radical (unpaired) electrons. The molecule has 1 heterocycles. The van der Waals surface area contributed by atoms with Crippen molar-refractivity contribution in [2.24, 2.45) is 0 Å². The van der Waals surface area contributed by atoms with Crippen LogP contribution in [-0.4, -0.2) is 40.0 Å². The Balaban J connectivity index is 1.75. The summed E-state index contributed by atoms with van der Waals surface area (Å²) in [6.07, 6.45) is 5.07. The van der Waals surface area contributed by atoms with Gasteiger partial charge in [0.1, 0.15) is 5.54 Å². The first kappa shape index (κ1) is 22.3. The number of carbonyl (C=O) groups excluding carboxylic acids is 1. The molecule has 30 heavy (non-hydrogen) atoms. The lowest BCUT2D eigenvalue weighted by atomic mass is 9.83. The van der Waals surface area contributed by atoms with Crippen molar-refractivity contribution in [1.29, 1.82) is 5.26 Å². The second-order valence-corrected chi connectivity index (χ2v) is 8.45. The summed E-state index contributed by atoms with van der Waals surface area (Å²) in [5, 5.41) is 13.6. The smallest absolute Gasteiger partial charge is 0.262 e. The number of nitriles is 1. The Bertz CT molecular complexity index is 976. The number of hydrogen-bond acceptors (Lipinski definition) is 6. The number of benzene rings is 1. The molecule has 0 spiro atoms. The minimum atomic E-state index is -0.760. The molecular formula is C22H28N4O3S. The summed E-state index contributed by atoms with van der Waals surface area (Å²) < 4.78 is 7.02. The van der Waals surface area contributed by atoms with E-state index in [-0.39, 0.29) is 17.2 Å². The second kappa shape index (κ2) is 10.6. The molecule has 1 N–H and O–H groups in total. The Hall–Kier alpha value is -2.37. The lowest BCUT2D eigenvalue weighted by Gasteiger charge is -2.31. The van der Waals surface area contributed by atoms with Crippen LogP contribution < -0.4 is 10.9 Å². The number of amides is 1. The zero-order valence-corrected chi connectivity index (χ0v) is 18.2. The molecule has 160 valence electrons. The number of carbonyl (C=O) groups is 1. The molecule has 2 aromatic rings. The predicted octanol–water partition coefficient (Wildman–Crippen LogP) is 3.26. The maximum absolute atomic E-state index is 13.0. The van der Waals surface area contributed by atoms with Crippen molar-refractivity contribution in [3.05, 3.63) is 34.6 Å². The van der Waals surface area contributed by atoms with Crippen LogP contribution in [0.15, 0.2) is 34.2 Å². The Kier molecular flexibility index (Phi) is 7.88. The van der Waals surface area contributed by atoms with Gasteiger partial charge in [-0.3, -0.25) is 14.2 Å². The van der Waals surface area contributed by atoms with Gasteiger partial charge in [0.15, 0.2) is 5.16 Å². The third-order valence-electron chi connectivity index (χ3n) is 5.33. The fourth-order valence-corrected chi connectivity index (χ4v) is 4.60. The van der Waals surface area contributed by atoms with Crippen LogP contribution in [0.4, 0.5) is 0 Å². The lowest BCUT2D eigenvalue weighted by molar-refractivity contribution is -0.120. The van der Waals surface area contributed by atoms with Crippen LogP contribution in [0, 0.1) is 11.3 Å². The average Bonchev–Trinajstić information content (AvgIpc) is 2.77. The molecule has 0 atom stereocenters. The molecular weight excluding hydrogens is 400 g/mol. The molecule has 3 rings (SSSR count). The van der Waals surface area contributed by atoms with Gasteiger partial charge in [-0.15, -0.1) is 0 Å². The van der Waals surface area contributed by atoms with E-state index in [0.717, 1.165) is 19.3 Å². The van der Waals surface area contributed by atoms with Gasteiger partial charge in [0.25, 0.3) is 5.56 Å². The zero-order chi connectivity index (χ0) is 21.4. The van der Waals surface area contributed by atoms with E-state index in [9.17, 15) is 14.9 Å². The number of para-hydroxylation sites is 1. The summed E-state index contributed by atoms with van der Waals surface area (Å²) in [5.74, 6) is -0.0913. The van der Waals surface area contributed by atoms with E-state index in [1.54, 1.807) is 16.7 Å². The first-order valence-corrected chi connectivity index (χ1v) is 11.5. The van der Waals surface area contributed by atoms with Crippen molar-refractivity contribution in [2.75, 3.05) is 19.0 Å². The van der Waals surface area contributed by atoms with Crippen LogP contribution in [0.1, 0.15) is 45.4 Å². The molecule has 1 fully saturated rings. The van der Waals surface area contributed by atoms with E-state index in [1.807, 2.05) is 19.1 Å². The molecule has 1 aliphatic rings. The minimum absolute atomic E-state index is 0.110. The van der Waals surface area contributed by atoms with Gasteiger partial charge < -0.3 is 10.1 Å². The van der Waals surface area contributed by atoms with E-state index in [2.05, 4.69) is 16.4 Å². The molecule has 0 unspecified atom stereocenters. The second-order valence-electron chi connectivity index (χ2n) is 7.51. The van der Waals surface area contributed by atoms with E-state index in [1.165, 1.54) is 11.8 Å². The van der Waals surface area contributed by atoms with Crippen molar-refractivity contribution in [1.82, 2.24) is 14.9 Å². The third-order valence-corrected chi connectivity index (χ3v) is 6.31. The molecule has 1 aromatic carbocycles. The van der Waals surface area contributed by atoms with Crippen LogP contribution >= 0.6 is 11.8 Å². The number of ether oxygens (including phenoxy) is 1. The molecule has 1 aromatic heterocycles. The number of hydrogen-bond donors (Lipinski definition) is 1. The van der Waals surface area contributed by atoms with Gasteiger partial charge in [-0.1, -0.05) is 43.2 Å². The number of rotatable bonds is 9.